The number of para-hydroxylation sites is 1. The second-order valence-corrected chi connectivity index (χ2v) is 4.36. The van der Waals surface area contributed by atoms with Crippen molar-refractivity contribution >= 4 is 23.0 Å². The molecule has 21 heavy (non-hydrogen) atoms. The Morgan fingerprint density at radius 3 is 2.62 bits per heavy atom. The van der Waals surface area contributed by atoms with Crippen molar-refractivity contribution in [2.75, 3.05) is 11.1 Å². The molecule has 2 rings (SSSR count). The normalized spacial score (nSPS) is 10.2. The Morgan fingerprint density at radius 1 is 1.29 bits per heavy atom. The maximum Gasteiger partial charge on any atom is 0.274 e. The number of carbonyl (C=O) groups excluding carboxylic acids is 1. The molecule has 3 N–H and O–H groups in total. The molecular formula is C14H12FN3O3. The minimum absolute atomic E-state index is 0.0269. The number of carbonyl (C=O) groups is 1. The van der Waals surface area contributed by atoms with Gasteiger partial charge in [-0.05, 0) is 25.1 Å². The number of anilines is 2. The molecule has 1 amide bonds. The summed E-state index contributed by atoms with van der Waals surface area (Å²) in [6, 6.07) is 8.19. The van der Waals surface area contributed by atoms with Gasteiger partial charge in [0.15, 0.2) is 0 Å². The third-order valence-corrected chi connectivity index (χ3v) is 3.05. The van der Waals surface area contributed by atoms with Gasteiger partial charge in [0, 0.05) is 6.07 Å². The second kappa shape index (κ2) is 5.58. The van der Waals surface area contributed by atoms with E-state index in [2.05, 4.69) is 5.32 Å². The van der Waals surface area contributed by atoms with Crippen molar-refractivity contribution in [2.45, 2.75) is 6.92 Å². The van der Waals surface area contributed by atoms with Gasteiger partial charge >= 0.3 is 0 Å². The number of nitrogen functional groups attached to an aromatic ring is 1. The Bertz CT molecular complexity index is 731. The zero-order valence-electron chi connectivity index (χ0n) is 11.1. The van der Waals surface area contributed by atoms with E-state index in [0.717, 1.165) is 6.07 Å². The molecule has 0 spiro atoms. The molecular weight excluding hydrogens is 277 g/mol. The van der Waals surface area contributed by atoms with E-state index in [-0.39, 0.29) is 22.6 Å². The lowest BCUT2D eigenvalue weighted by Gasteiger charge is -2.10. The van der Waals surface area contributed by atoms with E-state index in [1.165, 1.54) is 37.3 Å². The van der Waals surface area contributed by atoms with Crippen LogP contribution in [0, 0.1) is 22.9 Å². The van der Waals surface area contributed by atoms with Gasteiger partial charge in [0.25, 0.3) is 11.6 Å². The number of nitro benzene ring substituents is 1. The standard InChI is InChI=1S/C14H12FN3O3/c1-8-11(6-3-7-12(8)18(20)21)17-14(19)9-4-2-5-10(15)13(9)16/h2-7H,16H2,1H3,(H,17,19). The van der Waals surface area contributed by atoms with Gasteiger partial charge in [-0.3, -0.25) is 14.9 Å². The molecule has 0 aromatic heterocycles. The van der Waals surface area contributed by atoms with Crippen LogP contribution in [0.1, 0.15) is 15.9 Å². The average molecular weight is 289 g/mol. The van der Waals surface area contributed by atoms with Crippen molar-refractivity contribution in [1.82, 2.24) is 0 Å². The van der Waals surface area contributed by atoms with Crippen molar-refractivity contribution in [3.05, 3.63) is 63.5 Å². The van der Waals surface area contributed by atoms with E-state index in [1.807, 2.05) is 0 Å². The zero-order chi connectivity index (χ0) is 15.6. The smallest absolute Gasteiger partial charge is 0.274 e. The second-order valence-electron chi connectivity index (χ2n) is 4.36. The van der Waals surface area contributed by atoms with Gasteiger partial charge in [-0.1, -0.05) is 12.1 Å². The molecule has 0 aliphatic heterocycles. The molecule has 108 valence electrons. The summed E-state index contributed by atoms with van der Waals surface area (Å²) in [7, 11) is 0. The molecule has 0 unspecified atom stereocenters. The highest BCUT2D eigenvalue weighted by atomic mass is 19.1. The Labute approximate surface area is 119 Å². The van der Waals surface area contributed by atoms with Crippen LogP contribution in [0.3, 0.4) is 0 Å². The molecule has 0 saturated carbocycles. The van der Waals surface area contributed by atoms with Crippen LogP contribution in [0.15, 0.2) is 36.4 Å². The molecule has 7 heteroatoms. The van der Waals surface area contributed by atoms with Gasteiger partial charge in [-0.2, -0.15) is 0 Å². The first-order chi connectivity index (χ1) is 9.91. The SMILES string of the molecule is Cc1c(NC(=O)c2cccc(F)c2N)cccc1[N+](=O)[O-]. The summed E-state index contributed by atoms with van der Waals surface area (Å²) in [5, 5.41) is 13.4. The number of rotatable bonds is 3. The van der Waals surface area contributed by atoms with E-state index in [0.29, 0.717) is 5.56 Å². The molecule has 0 bridgehead atoms. The summed E-state index contributed by atoms with van der Waals surface area (Å²) < 4.78 is 13.3. The zero-order valence-corrected chi connectivity index (χ0v) is 11.1. The maximum absolute atomic E-state index is 13.3. The number of nitrogens with one attached hydrogen (secondary N) is 1. The largest absolute Gasteiger partial charge is 0.396 e. The van der Waals surface area contributed by atoms with Crippen LogP contribution in [0.4, 0.5) is 21.5 Å². The summed E-state index contributed by atoms with van der Waals surface area (Å²) in [6.45, 7) is 1.52. The number of nitro groups is 1. The van der Waals surface area contributed by atoms with E-state index >= 15 is 0 Å². The molecule has 6 nitrogen and oxygen atoms in total. The first kappa shape index (κ1) is 14.4. The van der Waals surface area contributed by atoms with Crippen LogP contribution in [-0.4, -0.2) is 10.8 Å². The summed E-state index contributed by atoms with van der Waals surface area (Å²) in [4.78, 5) is 22.4. The number of nitrogens with zero attached hydrogens (tertiary/aromatic N) is 1. The van der Waals surface area contributed by atoms with Gasteiger partial charge in [-0.15, -0.1) is 0 Å². The highest BCUT2D eigenvalue weighted by Gasteiger charge is 2.17. The summed E-state index contributed by atoms with van der Waals surface area (Å²) in [5.41, 5.74) is 5.69. The van der Waals surface area contributed by atoms with Crippen LogP contribution in [0.2, 0.25) is 0 Å². The van der Waals surface area contributed by atoms with Crippen molar-refractivity contribution < 1.29 is 14.1 Å². The topological polar surface area (TPSA) is 98.3 Å². The van der Waals surface area contributed by atoms with Crippen LogP contribution in [0.25, 0.3) is 0 Å². The van der Waals surface area contributed by atoms with Gasteiger partial charge in [0.1, 0.15) is 5.82 Å². The number of hydrogen-bond acceptors (Lipinski definition) is 4. The summed E-state index contributed by atoms with van der Waals surface area (Å²) in [5.74, 6) is -1.32. The van der Waals surface area contributed by atoms with Gasteiger partial charge < -0.3 is 11.1 Å². The van der Waals surface area contributed by atoms with Gasteiger partial charge in [0.2, 0.25) is 0 Å². The third-order valence-electron chi connectivity index (χ3n) is 3.05. The average Bonchev–Trinajstić information content (AvgIpc) is 2.43. The number of hydrogen-bond donors (Lipinski definition) is 2. The fourth-order valence-corrected chi connectivity index (χ4v) is 1.88. The lowest BCUT2D eigenvalue weighted by atomic mass is 10.1. The third kappa shape index (κ3) is 2.81. The van der Waals surface area contributed by atoms with Gasteiger partial charge in [-0.25, -0.2) is 4.39 Å². The highest BCUT2D eigenvalue weighted by molar-refractivity contribution is 6.08. The lowest BCUT2D eigenvalue weighted by Crippen LogP contribution is -2.15. The predicted molar refractivity (Wildman–Crippen MR) is 76.6 cm³/mol. The summed E-state index contributed by atoms with van der Waals surface area (Å²) >= 11 is 0. The van der Waals surface area contributed by atoms with Crippen LogP contribution in [0.5, 0.6) is 0 Å². The Morgan fingerprint density at radius 2 is 1.95 bits per heavy atom. The minimum atomic E-state index is -0.696. The van der Waals surface area contributed by atoms with Crippen molar-refractivity contribution in [3.8, 4) is 0 Å². The fourth-order valence-electron chi connectivity index (χ4n) is 1.88. The number of amides is 1. The summed E-state index contributed by atoms with van der Waals surface area (Å²) in [6.07, 6.45) is 0. The Balaban J connectivity index is 2.34. The molecule has 0 atom stereocenters. The van der Waals surface area contributed by atoms with E-state index in [9.17, 15) is 19.3 Å². The van der Waals surface area contributed by atoms with E-state index in [4.69, 9.17) is 5.73 Å². The molecule has 0 radical (unpaired) electrons. The number of benzene rings is 2. The van der Waals surface area contributed by atoms with Crippen LogP contribution < -0.4 is 11.1 Å². The van der Waals surface area contributed by atoms with Crippen molar-refractivity contribution in [1.29, 1.82) is 0 Å². The molecule has 0 fully saturated rings. The molecule has 2 aromatic rings. The van der Waals surface area contributed by atoms with Crippen LogP contribution >= 0.6 is 0 Å². The quantitative estimate of drug-likeness (QED) is 0.515. The molecule has 2 aromatic carbocycles. The number of halogens is 1. The monoisotopic (exact) mass is 289 g/mol. The molecule has 0 saturated heterocycles. The fraction of sp³-hybridized carbons (Fsp3) is 0.0714. The van der Waals surface area contributed by atoms with Crippen molar-refractivity contribution in [3.63, 3.8) is 0 Å². The molecule has 0 heterocycles. The maximum atomic E-state index is 13.3. The first-order valence-corrected chi connectivity index (χ1v) is 6.01. The van der Waals surface area contributed by atoms with Crippen LogP contribution in [-0.2, 0) is 0 Å². The molecule has 0 aliphatic rings. The van der Waals surface area contributed by atoms with Gasteiger partial charge in [0.05, 0.1) is 27.4 Å². The first-order valence-electron chi connectivity index (χ1n) is 6.01. The lowest BCUT2D eigenvalue weighted by molar-refractivity contribution is -0.385. The van der Waals surface area contributed by atoms with E-state index in [1.54, 1.807) is 0 Å². The molecule has 0 aliphatic carbocycles. The highest BCUT2D eigenvalue weighted by Crippen LogP contribution is 2.26. The Hall–Kier alpha value is -2.96. The van der Waals surface area contributed by atoms with Crippen molar-refractivity contribution in [2.24, 2.45) is 0 Å². The van der Waals surface area contributed by atoms with E-state index < -0.39 is 16.6 Å². The minimum Gasteiger partial charge on any atom is -0.396 e. The predicted octanol–water partition coefficient (Wildman–Crippen LogP) is 2.88. The number of nitrogens with two attached hydrogens (primary N) is 1. The Kier molecular flexibility index (Phi) is 3.84.